The molecule has 2 amide bonds. The molecular formula is C49H66Cl4N10O6. The molecule has 0 aliphatic carbocycles. The number of methoxy groups -OCH3 is 2. The van der Waals surface area contributed by atoms with Crippen LogP contribution in [0.25, 0.3) is 0 Å². The fourth-order valence-electron chi connectivity index (χ4n) is 5.97. The standard InChI is InChI=1S/C23H26ClN5O3.C18H22ClN3O2.C5H5ClN2O.3CH4.ClH/c1-32-20-10-13-27-23(28-20)26-12-4-2-3-11-25-21(30)19-9-6-14-29(22(19)31)16-17-7-5-8-18(24)15-17;19-15-7-4-6-14(12-15)13-22-11-5-8-16(18(22)24)17(23)21-10-3-1-2-9-20;1-9-4-2-3-7-5(6)8-4;;;;/h5-10,13-15H,2-4,11-12,16H2,1H3,(H,25,30)(H,26,27,28);4-8,11-12H,1-3,9-10,13,20H2,(H,21,23);2-3H,1H3;3*1H4;1H. The van der Waals surface area contributed by atoms with Gasteiger partial charge in [0.2, 0.25) is 23.0 Å². The number of hydrogen-bond donors (Lipinski definition) is 4. The van der Waals surface area contributed by atoms with Gasteiger partial charge in [0.1, 0.15) is 11.1 Å². The molecule has 0 fully saturated rings. The lowest BCUT2D eigenvalue weighted by molar-refractivity contribution is 0.0942. The SMILES string of the molecule is C.C.C.COc1ccnc(Cl)n1.COc1ccnc(NCCCCCNC(=O)c2cccn(Cc3cccc(Cl)c3)c2=O)n1.Cl.NCCCCCNC(=O)c1cccn(Cc2cccc(Cl)c2)c1=O. The van der Waals surface area contributed by atoms with E-state index in [0.717, 1.165) is 49.7 Å². The summed E-state index contributed by atoms with van der Waals surface area (Å²) in [5.74, 6) is 0.815. The van der Waals surface area contributed by atoms with Gasteiger partial charge in [0.05, 0.1) is 27.3 Å². The fraction of sp³-hybridized carbons (Fsp3) is 0.347. The molecule has 5 N–H and O–H groups in total. The minimum absolute atomic E-state index is 0. The highest BCUT2D eigenvalue weighted by molar-refractivity contribution is 6.31. The van der Waals surface area contributed by atoms with Gasteiger partial charge in [0, 0.05) is 66.6 Å². The number of halogens is 4. The largest absolute Gasteiger partial charge is 0.481 e. The van der Waals surface area contributed by atoms with Crippen molar-refractivity contribution in [2.75, 3.05) is 45.7 Å². The summed E-state index contributed by atoms with van der Waals surface area (Å²) >= 11 is 17.4. The van der Waals surface area contributed by atoms with Crippen molar-refractivity contribution < 1.29 is 19.1 Å². The van der Waals surface area contributed by atoms with Crippen LogP contribution in [0.4, 0.5) is 5.95 Å². The first-order valence-electron chi connectivity index (χ1n) is 20.8. The third-order valence-corrected chi connectivity index (χ3v) is 9.90. The average Bonchev–Trinajstić information content (AvgIpc) is 3.30. The molecule has 6 aromatic rings. The predicted molar refractivity (Wildman–Crippen MR) is 282 cm³/mol. The molecule has 0 bridgehead atoms. The van der Waals surface area contributed by atoms with Gasteiger partial charge in [-0.3, -0.25) is 19.2 Å². The summed E-state index contributed by atoms with van der Waals surface area (Å²) < 4.78 is 12.8. The number of rotatable bonds is 20. The van der Waals surface area contributed by atoms with Crippen LogP contribution in [0.5, 0.6) is 11.8 Å². The molecule has 0 spiro atoms. The molecule has 0 aliphatic heterocycles. The number of carbonyl (C=O) groups is 2. The number of aromatic nitrogens is 6. The lowest BCUT2D eigenvalue weighted by atomic mass is 10.2. The first-order valence-corrected chi connectivity index (χ1v) is 21.9. The number of anilines is 1. The Morgan fingerprint density at radius 3 is 1.52 bits per heavy atom. The van der Waals surface area contributed by atoms with E-state index in [1.165, 1.54) is 22.4 Å². The number of nitrogens with zero attached hydrogens (tertiary/aromatic N) is 6. The maximum absolute atomic E-state index is 12.7. The molecule has 4 aromatic heterocycles. The van der Waals surface area contributed by atoms with Crippen molar-refractivity contribution in [3.05, 3.63) is 168 Å². The lowest BCUT2D eigenvalue weighted by Gasteiger charge is -2.09. The molecular weight excluding hydrogens is 966 g/mol. The van der Waals surface area contributed by atoms with Crippen LogP contribution in [0.2, 0.25) is 15.3 Å². The molecule has 4 heterocycles. The number of benzene rings is 2. The Kier molecular flexibility index (Phi) is 32.1. The van der Waals surface area contributed by atoms with E-state index in [9.17, 15) is 19.2 Å². The zero-order valence-electron chi connectivity index (χ0n) is 36.6. The number of unbranched alkanes of at least 4 members (excludes halogenated alkanes) is 4. The van der Waals surface area contributed by atoms with Gasteiger partial charge in [-0.25, -0.2) is 9.97 Å². The summed E-state index contributed by atoms with van der Waals surface area (Å²) in [4.78, 5) is 65.5. The highest BCUT2D eigenvalue weighted by Gasteiger charge is 2.13. The van der Waals surface area contributed by atoms with Crippen molar-refractivity contribution in [1.82, 2.24) is 39.7 Å². The molecule has 2 aromatic carbocycles. The summed E-state index contributed by atoms with van der Waals surface area (Å²) in [7, 11) is 3.09. The van der Waals surface area contributed by atoms with E-state index in [4.69, 9.17) is 50.0 Å². The minimum Gasteiger partial charge on any atom is -0.481 e. The Morgan fingerprint density at radius 2 is 1.07 bits per heavy atom. The van der Waals surface area contributed by atoms with E-state index in [1.807, 2.05) is 24.3 Å². The van der Waals surface area contributed by atoms with Crippen LogP contribution < -0.4 is 42.3 Å². The second kappa shape index (κ2) is 35.1. The van der Waals surface area contributed by atoms with Gasteiger partial charge in [-0.15, -0.1) is 12.4 Å². The Balaban J connectivity index is 0.00000110. The Labute approximate surface area is 426 Å². The zero-order valence-corrected chi connectivity index (χ0v) is 39.7. The van der Waals surface area contributed by atoms with Gasteiger partial charge in [-0.05, 0) is 110 Å². The number of pyridine rings is 2. The van der Waals surface area contributed by atoms with Gasteiger partial charge >= 0.3 is 0 Å². The Bertz CT molecular complexity index is 2550. The summed E-state index contributed by atoms with van der Waals surface area (Å²) in [5.41, 5.74) is 6.88. The summed E-state index contributed by atoms with van der Waals surface area (Å²) in [6.07, 6.45) is 11.9. The summed E-state index contributed by atoms with van der Waals surface area (Å²) in [5, 5.41) is 10.2. The molecule has 69 heavy (non-hydrogen) atoms. The highest BCUT2D eigenvalue weighted by atomic mass is 35.5. The van der Waals surface area contributed by atoms with E-state index >= 15 is 0 Å². The van der Waals surface area contributed by atoms with E-state index in [2.05, 4.69) is 35.9 Å². The van der Waals surface area contributed by atoms with Crippen molar-refractivity contribution in [1.29, 1.82) is 0 Å². The molecule has 0 saturated heterocycles. The molecule has 0 aliphatic rings. The molecule has 16 nitrogen and oxygen atoms in total. The van der Waals surface area contributed by atoms with Gasteiger partial charge in [0.25, 0.3) is 22.9 Å². The minimum atomic E-state index is -0.363. The quantitative estimate of drug-likeness (QED) is 0.0417. The van der Waals surface area contributed by atoms with Gasteiger partial charge in [-0.2, -0.15) is 9.97 Å². The molecule has 376 valence electrons. The van der Waals surface area contributed by atoms with E-state index < -0.39 is 0 Å². The molecule has 0 unspecified atom stereocenters. The number of carbonyl (C=O) groups excluding carboxylic acids is 2. The van der Waals surface area contributed by atoms with E-state index in [0.29, 0.717) is 67.0 Å². The predicted octanol–water partition coefficient (Wildman–Crippen LogP) is 9.24. The fourth-order valence-corrected chi connectivity index (χ4v) is 6.54. The number of nitrogens with one attached hydrogen (secondary N) is 3. The maximum atomic E-state index is 12.7. The Hall–Kier alpha value is -6.04. The highest BCUT2D eigenvalue weighted by Crippen LogP contribution is 2.13. The molecule has 0 radical (unpaired) electrons. The van der Waals surface area contributed by atoms with Crippen LogP contribution in [-0.2, 0) is 13.1 Å². The summed E-state index contributed by atoms with van der Waals surface area (Å²) in [6, 6.07) is 24.4. The third-order valence-electron chi connectivity index (χ3n) is 9.25. The molecule has 20 heteroatoms. The van der Waals surface area contributed by atoms with Crippen molar-refractivity contribution in [2.24, 2.45) is 5.73 Å². The normalized spacial score (nSPS) is 9.77. The van der Waals surface area contributed by atoms with Crippen LogP contribution in [-0.4, -0.2) is 81.3 Å². The molecule has 6 rings (SSSR count). The van der Waals surface area contributed by atoms with Crippen LogP contribution in [0.1, 0.15) is 92.6 Å². The number of ether oxygens (including phenoxy) is 2. The second-order valence-corrected chi connectivity index (χ2v) is 15.3. The number of amides is 2. The topological polar surface area (TPSA) is 210 Å². The van der Waals surface area contributed by atoms with Gasteiger partial charge in [-0.1, -0.05) is 76.2 Å². The maximum Gasteiger partial charge on any atom is 0.263 e. The van der Waals surface area contributed by atoms with Crippen molar-refractivity contribution in [3.8, 4) is 11.8 Å². The zero-order chi connectivity index (χ0) is 46.8. The van der Waals surface area contributed by atoms with Gasteiger partial charge in [0.15, 0.2) is 0 Å². The Morgan fingerprint density at radius 1 is 0.609 bits per heavy atom. The van der Waals surface area contributed by atoms with Crippen molar-refractivity contribution >= 4 is 65.0 Å². The molecule has 0 atom stereocenters. The average molecular weight is 1030 g/mol. The first kappa shape index (κ1) is 63.0. The smallest absolute Gasteiger partial charge is 0.263 e. The number of nitrogens with two attached hydrogens (primary N) is 1. The molecule has 0 saturated carbocycles. The van der Waals surface area contributed by atoms with Crippen molar-refractivity contribution in [3.63, 3.8) is 0 Å². The van der Waals surface area contributed by atoms with E-state index in [1.54, 1.807) is 86.4 Å². The third kappa shape index (κ3) is 22.7. The van der Waals surface area contributed by atoms with Crippen LogP contribution >= 0.6 is 47.2 Å². The monoisotopic (exact) mass is 1030 g/mol. The first-order chi connectivity index (χ1) is 31.5. The number of hydrogen-bond acceptors (Lipinski definition) is 12. The van der Waals surface area contributed by atoms with Crippen LogP contribution in [0.15, 0.2) is 119 Å². The van der Waals surface area contributed by atoms with E-state index in [-0.39, 0.29) is 74.0 Å². The van der Waals surface area contributed by atoms with Gasteiger partial charge < -0.3 is 40.3 Å². The van der Waals surface area contributed by atoms with Crippen molar-refractivity contribution in [2.45, 2.75) is 73.9 Å². The lowest BCUT2D eigenvalue weighted by Crippen LogP contribution is -2.33. The van der Waals surface area contributed by atoms with Crippen LogP contribution in [0.3, 0.4) is 0 Å². The van der Waals surface area contributed by atoms with Crippen LogP contribution in [0, 0.1) is 0 Å². The summed E-state index contributed by atoms with van der Waals surface area (Å²) in [6.45, 7) is 3.13. The second-order valence-electron chi connectivity index (χ2n) is 14.1.